The van der Waals surface area contributed by atoms with Gasteiger partial charge in [0.25, 0.3) is 11.8 Å². The van der Waals surface area contributed by atoms with Gasteiger partial charge in [-0.05, 0) is 18.4 Å². The number of halogens is 2. The highest BCUT2D eigenvalue weighted by Gasteiger charge is 2.69. The summed E-state index contributed by atoms with van der Waals surface area (Å²) in [7, 11) is 0. The Balaban J connectivity index is 1.71. The SMILES string of the molecule is C[C@]1(C(=O)OCC(=O)NNC(=O)c2cccs2)CC1(Cl)Cl. The number of alkyl halides is 2. The first kappa shape index (κ1) is 16.1. The van der Waals surface area contributed by atoms with Crippen molar-refractivity contribution in [1.29, 1.82) is 0 Å². The highest BCUT2D eigenvalue weighted by atomic mass is 35.5. The summed E-state index contributed by atoms with van der Waals surface area (Å²) < 4.78 is 3.68. The number of amides is 2. The summed E-state index contributed by atoms with van der Waals surface area (Å²) in [6.45, 7) is 1.04. The molecule has 0 spiro atoms. The van der Waals surface area contributed by atoms with E-state index < -0.39 is 34.1 Å². The molecule has 21 heavy (non-hydrogen) atoms. The van der Waals surface area contributed by atoms with Gasteiger partial charge in [-0.1, -0.05) is 6.07 Å². The average molecular weight is 351 g/mol. The van der Waals surface area contributed by atoms with Crippen LogP contribution in [0.3, 0.4) is 0 Å². The van der Waals surface area contributed by atoms with Crippen LogP contribution in [0.2, 0.25) is 0 Å². The molecule has 1 aliphatic rings. The van der Waals surface area contributed by atoms with E-state index in [9.17, 15) is 14.4 Å². The van der Waals surface area contributed by atoms with Crippen molar-refractivity contribution in [2.45, 2.75) is 17.7 Å². The fourth-order valence-electron chi connectivity index (χ4n) is 1.54. The van der Waals surface area contributed by atoms with Gasteiger partial charge in [-0.2, -0.15) is 0 Å². The van der Waals surface area contributed by atoms with Crippen LogP contribution in [0.1, 0.15) is 23.0 Å². The van der Waals surface area contributed by atoms with Gasteiger partial charge in [0, 0.05) is 6.42 Å². The van der Waals surface area contributed by atoms with E-state index in [2.05, 4.69) is 10.9 Å². The minimum absolute atomic E-state index is 0.276. The third-order valence-corrected chi connectivity index (χ3v) is 5.07. The third-order valence-electron chi connectivity index (χ3n) is 3.10. The molecule has 1 aliphatic carbocycles. The number of carbonyl (C=O) groups excluding carboxylic acids is 3. The molecule has 0 unspecified atom stereocenters. The predicted octanol–water partition coefficient (Wildman–Crippen LogP) is 1.64. The number of hydrogen-bond donors (Lipinski definition) is 2. The van der Waals surface area contributed by atoms with Gasteiger partial charge in [-0.3, -0.25) is 25.2 Å². The number of hydrazine groups is 1. The number of rotatable bonds is 4. The lowest BCUT2D eigenvalue weighted by molar-refractivity contribution is -0.153. The smallest absolute Gasteiger partial charge is 0.315 e. The molecule has 0 aliphatic heterocycles. The van der Waals surface area contributed by atoms with Crippen molar-refractivity contribution in [3.8, 4) is 0 Å². The van der Waals surface area contributed by atoms with Crippen LogP contribution in [-0.2, 0) is 14.3 Å². The van der Waals surface area contributed by atoms with Gasteiger partial charge in [0.1, 0.15) is 9.75 Å². The normalized spacial score (nSPS) is 22.2. The van der Waals surface area contributed by atoms with Gasteiger partial charge in [-0.15, -0.1) is 34.5 Å². The first-order chi connectivity index (χ1) is 9.76. The molecule has 114 valence electrons. The van der Waals surface area contributed by atoms with Crippen molar-refractivity contribution in [2.75, 3.05) is 6.61 Å². The summed E-state index contributed by atoms with van der Waals surface area (Å²) >= 11 is 12.9. The van der Waals surface area contributed by atoms with Gasteiger partial charge in [0.15, 0.2) is 6.61 Å². The molecule has 2 N–H and O–H groups in total. The molecule has 1 atom stereocenters. The van der Waals surface area contributed by atoms with E-state index in [1.165, 1.54) is 11.3 Å². The largest absolute Gasteiger partial charge is 0.455 e. The number of thiophene rings is 1. The highest BCUT2D eigenvalue weighted by molar-refractivity contribution is 7.12. The van der Waals surface area contributed by atoms with Crippen LogP contribution in [0.4, 0.5) is 0 Å². The van der Waals surface area contributed by atoms with Crippen LogP contribution in [0.25, 0.3) is 0 Å². The maximum Gasteiger partial charge on any atom is 0.315 e. The molecule has 0 saturated heterocycles. The molecule has 9 heteroatoms. The van der Waals surface area contributed by atoms with E-state index >= 15 is 0 Å². The fourth-order valence-corrected chi connectivity index (χ4v) is 2.85. The number of carbonyl (C=O) groups is 3. The van der Waals surface area contributed by atoms with Gasteiger partial charge in [-0.25, -0.2) is 0 Å². The van der Waals surface area contributed by atoms with Crippen LogP contribution in [0.5, 0.6) is 0 Å². The van der Waals surface area contributed by atoms with Crippen molar-refractivity contribution >= 4 is 52.3 Å². The van der Waals surface area contributed by atoms with E-state index in [4.69, 9.17) is 27.9 Å². The second-order valence-corrected chi connectivity index (χ2v) is 7.20. The average Bonchev–Trinajstić information content (AvgIpc) is 2.86. The molecule has 6 nitrogen and oxygen atoms in total. The molecular formula is C12H12Cl2N2O4S. The van der Waals surface area contributed by atoms with E-state index in [1.807, 2.05) is 0 Å². The second-order valence-electron chi connectivity index (χ2n) is 4.77. The summed E-state index contributed by atoms with van der Waals surface area (Å²) in [5, 5.41) is 1.74. The predicted molar refractivity (Wildman–Crippen MR) is 78.0 cm³/mol. The Morgan fingerprint density at radius 2 is 2.05 bits per heavy atom. The minimum Gasteiger partial charge on any atom is -0.455 e. The number of esters is 1. The van der Waals surface area contributed by atoms with Crippen LogP contribution in [-0.4, -0.2) is 28.7 Å². The zero-order valence-corrected chi connectivity index (χ0v) is 13.3. The Morgan fingerprint density at radius 1 is 1.38 bits per heavy atom. The van der Waals surface area contributed by atoms with E-state index in [1.54, 1.807) is 24.4 Å². The van der Waals surface area contributed by atoms with E-state index in [0.717, 1.165) is 0 Å². The van der Waals surface area contributed by atoms with Crippen molar-refractivity contribution < 1.29 is 19.1 Å². The fraction of sp³-hybridized carbons (Fsp3) is 0.417. The summed E-state index contributed by atoms with van der Waals surface area (Å²) in [5.41, 5.74) is 3.36. The minimum atomic E-state index is -1.14. The number of ether oxygens (including phenoxy) is 1. The zero-order valence-electron chi connectivity index (χ0n) is 10.9. The van der Waals surface area contributed by atoms with Gasteiger partial charge in [0.2, 0.25) is 0 Å². The van der Waals surface area contributed by atoms with Gasteiger partial charge in [0.05, 0.1) is 4.88 Å². The van der Waals surface area contributed by atoms with Gasteiger partial charge < -0.3 is 4.74 Å². The monoisotopic (exact) mass is 350 g/mol. The van der Waals surface area contributed by atoms with Crippen molar-refractivity contribution in [3.63, 3.8) is 0 Å². The summed E-state index contributed by atoms with van der Waals surface area (Å²) in [6, 6.07) is 3.32. The Kier molecular flexibility index (Phi) is 4.46. The van der Waals surface area contributed by atoms with Gasteiger partial charge >= 0.3 is 5.97 Å². The Bertz CT molecular complexity index is 576. The van der Waals surface area contributed by atoms with Crippen LogP contribution in [0, 0.1) is 5.41 Å². The quantitative estimate of drug-likeness (QED) is 0.491. The van der Waals surface area contributed by atoms with E-state index in [0.29, 0.717) is 4.88 Å². The Hall–Kier alpha value is -1.31. The topological polar surface area (TPSA) is 84.5 Å². The van der Waals surface area contributed by atoms with Crippen LogP contribution >= 0.6 is 34.5 Å². The molecule has 0 bridgehead atoms. The molecular weight excluding hydrogens is 339 g/mol. The lowest BCUT2D eigenvalue weighted by Gasteiger charge is -2.12. The first-order valence-electron chi connectivity index (χ1n) is 5.94. The molecule has 1 fully saturated rings. The highest BCUT2D eigenvalue weighted by Crippen LogP contribution is 2.64. The van der Waals surface area contributed by atoms with E-state index in [-0.39, 0.29) is 6.42 Å². The molecule has 1 aromatic heterocycles. The second kappa shape index (κ2) is 5.82. The van der Waals surface area contributed by atoms with Crippen LogP contribution in [0.15, 0.2) is 17.5 Å². The van der Waals surface area contributed by atoms with Crippen LogP contribution < -0.4 is 10.9 Å². The maximum atomic E-state index is 11.7. The molecule has 1 aromatic rings. The molecule has 1 heterocycles. The molecule has 0 radical (unpaired) electrons. The lowest BCUT2D eigenvalue weighted by Crippen LogP contribution is -2.43. The number of nitrogens with one attached hydrogen (secondary N) is 2. The molecule has 1 saturated carbocycles. The van der Waals surface area contributed by atoms with Crippen molar-refractivity contribution in [1.82, 2.24) is 10.9 Å². The summed E-state index contributed by atoms with van der Waals surface area (Å²) in [5.74, 6) is -1.75. The standard InChI is InChI=1S/C12H12Cl2N2O4S/c1-11(6-12(11,13)14)10(19)20-5-8(17)15-16-9(18)7-3-2-4-21-7/h2-4H,5-6H2,1H3,(H,15,17)(H,16,18)/t11-/m1/s1. The Morgan fingerprint density at radius 3 is 2.57 bits per heavy atom. The molecule has 0 aromatic carbocycles. The lowest BCUT2D eigenvalue weighted by atomic mass is 10.1. The Labute approximate surface area is 134 Å². The van der Waals surface area contributed by atoms with Crippen molar-refractivity contribution in [2.24, 2.45) is 5.41 Å². The van der Waals surface area contributed by atoms with Crippen molar-refractivity contribution in [3.05, 3.63) is 22.4 Å². The zero-order chi connectivity index (χ0) is 15.7. The summed E-state index contributed by atoms with van der Waals surface area (Å²) in [4.78, 5) is 35.2. The maximum absolute atomic E-state index is 11.7. The number of hydrogen-bond acceptors (Lipinski definition) is 5. The molecule has 2 rings (SSSR count). The molecule has 2 amide bonds. The first-order valence-corrected chi connectivity index (χ1v) is 7.57. The third kappa shape index (κ3) is 3.48. The summed E-state index contributed by atoms with van der Waals surface area (Å²) in [6.07, 6.45) is 0.276.